The first-order chi connectivity index (χ1) is 18.4. The summed E-state index contributed by atoms with van der Waals surface area (Å²) in [6.45, 7) is 0. The van der Waals surface area contributed by atoms with Crippen LogP contribution >= 0.6 is 0 Å². The van der Waals surface area contributed by atoms with E-state index < -0.39 is 17.9 Å². The van der Waals surface area contributed by atoms with E-state index in [0.29, 0.717) is 56.6 Å². The Hall–Kier alpha value is -4.79. The zero-order valence-electron chi connectivity index (χ0n) is 21.2. The molecule has 9 nitrogen and oxygen atoms in total. The van der Waals surface area contributed by atoms with Crippen LogP contribution in [-0.2, 0) is 9.53 Å². The van der Waals surface area contributed by atoms with E-state index in [0.717, 1.165) is 0 Å². The van der Waals surface area contributed by atoms with Crippen molar-refractivity contribution < 1.29 is 42.8 Å². The number of Topliss-reactive ketones (excluding diaryl/α,β-unsaturated/α-hetero) is 1. The van der Waals surface area contributed by atoms with Crippen molar-refractivity contribution in [3.05, 3.63) is 82.1 Å². The van der Waals surface area contributed by atoms with Gasteiger partial charge in [0.05, 0.1) is 46.0 Å². The van der Waals surface area contributed by atoms with Gasteiger partial charge in [0.25, 0.3) is 0 Å². The molecule has 0 amide bonds. The second-order valence-corrected chi connectivity index (χ2v) is 8.56. The van der Waals surface area contributed by atoms with Gasteiger partial charge in [0.15, 0.2) is 17.3 Å². The van der Waals surface area contributed by atoms with E-state index in [9.17, 15) is 14.4 Å². The van der Waals surface area contributed by atoms with Crippen LogP contribution in [-0.4, -0.2) is 46.2 Å². The van der Waals surface area contributed by atoms with E-state index in [1.54, 1.807) is 54.6 Å². The van der Waals surface area contributed by atoms with Crippen LogP contribution in [0.1, 0.15) is 49.7 Å². The van der Waals surface area contributed by atoms with Crippen molar-refractivity contribution in [2.45, 2.75) is 12.3 Å². The maximum Gasteiger partial charge on any atom is 0.337 e. The van der Waals surface area contributed by atoms with E-state index in [1.165, 1.54) is 28.4 Å². The standard InChI is InChI=1S/C29H24O9/c1-33-21-12-9-17(27(34-2)28(21)35-3)19-14-23(30)37-20-11-10-18-25(31)22(38-26(18)24(19)20)13-15-5-7-16(8-6-15)29(32)36-4/h5-13,19H,14H2,1-4H3/b22-13-/t19-/m0/s1. The van der Waals surface area contributed by atoms with Gasteiger partial charge in [-0.05, 0) is 42.0 Å². The Morgan fingerprint density at radius 1 is 0.868 bits per heavy atom. The summed E-state index contributed by atoms with van der Waals surface area (Å²) < 4.78 is 33.0. The number of hydrogen-bond acceptors (Lipinski definition) is 9. The molecule has 0 saturated heterocycles. The quantitative estimate of drug-likeness (QED) is 0.265. The van der Waals surface area contributed by atoms with Gasteiger partial charge in [0.1, 0.15) is 11.5 Å². The monoisotopic (exact) mass is 516 g/mol. The topological polar surface area (TPSA) is 107 Å². The Kier molecular flexibility index (Phi) is 6.50. The van der Waals surface area contributed by atoms with Crippen LogP contribution < -0.4 is 23.7 Å². The number of methoxy groups -OCH3 is 4. The van der Waals surface area contributed by atoms with Crippen molar-refractivity contribution in [3.8, 4) is 28.7 Å². The third-order valence-electron chi connectivity index (χ3n) is 6.52. The molecule has 0 radical (unpaired) electrons. The molecule has 38 heavy (non-hydrogen) atoms. The highest BCUT2D eigenvalue weighted by molar-refractivity contribution is 6.15. The molecular weight excluding hydrogens is 492 g/mol. The minimum atomic E-state index is -0.539. The normalized spacial score (nSPS) is 16.7. The van der Waals surface area contributed by atoms with Crippen molar-refractivity contribution in [3.63, 3.8) is 0 Å². The number of carbonyl (C=O) groups excluding carboxylic acids is 3. The molecule has 0 bridgehead atoms. The summed E-state index contributed by atoms with van der Waals surface area (Å²) in [5, 5.41) is 0. The Balaban J connectivity index is 1.59. The zero-order chi connectivity index (χ0) is 27.0. The SMILES string of the molecule is COC(=O)c1ccc(/C=C2\Oc3c(ccc4c3[C@H](c3ccc(OC)c(OC)c3OC)CC(=O)O4)C2=O)cc1. The van der Waals surface area contributed by atoms with Gasteiger partial charge in [-0.15, -0.1) is 0 Å². The molecule has 194 valence electrons. The average molecular weight is 517 g/mol. The Labute approximate surface area is 218 Å². The number of ether oxygens (including phenoxy) is 6. The Morgan fingerprint density at radius 2 is 1.61 bits per heavy atom. The molecule has 3 aromatic carbocycles. The number of esters is 2. The summed E-state index contributed by atoms with van der Waals surface area (Å²) in [4.78, 5) is 37.6. The number of carbonyl (C=O) groups is 3. The van der Waals surface area contributed by atoms with Gasteiger partial charge in [0.2, 0.25) is 11.5 Å². The predicted octanol–water partition coefficient (Wildman–Crippen LogP) is 4.56. The number of allylic oxidation sites excluding steroid dienone is 1. The van der Waals surface area contributed by atoms with E-state index >= 15 is 0 Å². The van der Waals surface area contributed by atoms with E-state index in [1.807, 2.05) is 0 Å². The van der Waals surface area contributed by atoms with Crippen molar-refractivity contribution in [1.82, 2.24) is 0 Å². The number of ketones is 1. The largest absolute Gasteiger partial charge is 0.493 e. The molecule has 2 aliphatic rings. The number of rotatable bonds is 6. The van der Waals surface area contributed by atoms with Gasteiger partial charge in [-0.1, -0.05) is 18.2 Å². The molecule has 0 unspecified atom stereocenters. The lowest BCUT2D eigenvalue weighted by atomic mass is 9.84. The van der Waals surface area contributed by atoms with E-state index in [4.69, 9.17) is 28.4 Å². The first kappa shape index (κ1) is 24.9. The molecule has 0 saturated carbocycles. The molecular formula is C29H24O9. The number of hydrogen-bond donors (Lipinski definition) is 0. The van der Waals surface area contributed by atoms with Crippen LogP contribution in [0.15, 0.2) is 54.3 Å². The first-order valence-corrected chi connectivity index (χ1v) is 11.7. The minimum absolute atomic E-state index is 0.000878. The Bertz CT molecular complexity index is 1480. The van der Waals surface area contributed by atoms with Crippen molar-refractivity contribution in [1.29, 1.82) is 0 Å². The summed E-state index contributed by atoms with van der Waals surface area (Å²) in [7, 11) is 5.84. The highest BCUT2D eigenvalue weighted by atomic mass is 16.5. The van der Waals surface area contributed by atoms with Gasteiger partial charge in [-0.3, -0.25) is 9.59 Å². The first-order valence-electron chi connectivity index (χ1n) is 11.7. The van der Waals surface area contributed by atoms with Crippen LogP contribution in [0.25, 0.3) is 6.08 Å². The maximum absolute atomic E-state index is 13.3. The summed E-state index contributed by atoms with van der Waals surface area (Å²) in [6, 6.07) is 13.3. The highest BCUT2D eigenvalue weighted by Crippen LogP contribution is 2.53. The lowest BCUT2D eigenvalue weighted by molar-refractivity contribution is -0.135. The maximum atomic E-state index is 13.3. The number of fused-ring (bicyclic) bond motifs is 3. The summed E-state index contributed by atoms with van der Waals surface area (Å²) >= 11 is 0. The lowest BCUT2D eigenvalue weighted by Crippen LogP contribution is -2.22. The van der Waals surface area contributed by atoms with Gasteiger partial charge in [0, 0.05) is 17.0 Å². The molecule has 5 rings (SSSR count). The van der Waals surface area contributed by atoms with Gasteiger partial charge < -0.3 is 28.4 Å². The molecule has 0 spiro atoms. The minimum Gasteiger partial charge on any atom is -0.493 e. The van der Waals surface area contributed by atoms with Gasteiger partial charge in [-0.25, -0.2) is 4.79 Å². The molecule has 1 atom stereocenters. The second-order valence-electron chi connectivity index (χ2n) is 8.56. The van der Waals surface area contributed by atoms with Crippen molar-refractivity contribution >= 4 is 23.8 Å². The summed E-state index contributed by atoms with van der Waals surface area (Å²) in [6.07, 6.45) is 1.59. The summed E-state index contributed by atoms with van der Waals surface area (Å²) in [5.41, 5.74) is 2.61. The molecule has 0 aromatic heterocycles. The van der Waals surface area contributed by atoms with Gasteiger partial charge in [-0.2, -0.15) is 0 Å². The molecule has 0 fully saturated rings. The third-order valence-corrected chi connectivity index (χ3v) is 6.52. The Morgan fingerprint density at radius 3 is 2.26 bits per heavy atom. The highest BCUT2D eigenvalue weighted by Gasteiger charge is 2.40. The predicted molar refractivity (Wildman–Crippen MR) is 135 cm³/mol. The van der Waals surface area contributed by atoms with E-state index in [2.05, 4.69) is 0 Å². The van der Waals surface area contributed by atoms with Crippen molar-refractivity contribution in [2.75, 3.05) is 28.4 Å². The molecule has 3 aromatic rings. The molecule has 9 heteroatoms. The van der Waals surface area contributed by atoms with Crippen LogP contribution in [0, 0.1) is 0 Å². The summed E-state index contributed by atoms with van der Waals surface area (Å²) in [5.74, 6) is 0.255. The smallest absolute Gasteiger partial charge is 0.337 e. The lowest BCUT2D eigenvalue weighted by Gasteiger charge is -2.28. The fourth-order valence-electron chi connectivity index (χ4n) is 4.76. The number of benzene rings is 3. The van der Waals surface area contributed by atoms with E-state index in [-0.39, 0.29) is 18.0 Å². The van der Waals surface area contributed by atoms with Crippen molar-refractivity contribution in [2.24, 2.45) is 0 Å². The van der Waals surface area contributed by atoms with Crippen LogP contribution in [0.5, 0.6) is 28.7 Å². The van der Waals surface area contributed by atoms with Crippen LogP contribution in [0.2, 0.25) is 0 Å². The van der Waals surface area contributed by atoms with Crippen LogP contribution in [0.3, 0.4) is 0 Å². The second kappa shape index (κ2) is 9.93. The molecule has 0 aliphatic carbocycles. The van der Waals surface area contributed by atoms with Gasteiger partial charge >= 0.3 is 11.9 Å². The molecule has 0 N–H and O–H groups in total. The fourth-order valence-corrected chi connectivity index (χ4v) is 4.76. The molecule has 2 heterocycles. The third kappa shape index (κ3) is 4.11. The zero-order valence-corrected chi connectivity index (χ0v) is 21.2. The van der Waals surface area contributed by atoms with Crippen LogP contribution in [0.4, 0.5) is 0 Å². The fraction of sp³-hybridized carbons (Fsp3) is 0.207. The average Bonchev–Trinajstić information content (AvgIpc) is 3.26. The molecule has 2 aliphatic heterocycles.